The summed E-state index contributed by atoms with van der Waals surface area (Å²) in [6, 6.07) is 7.34. The number of benzene rings is 1. The molecule has 134 valence electrons. The van der Waals surface area contributed by atoms with Gasteiger partial charge in [-0.3, -0.25) is 14.9 Å². The van der Waals surface area contributed by atoms with Crippen LogP contribution in [0.15, 0.2) is 46.2 Å². The fraction of sp³-hybridized carbons (Fsp3) is 0.133. The van der Waals surface area contributed by atoms with E-state index < -0.39 is 4.92 Å². The lowest BCUT2D eigenvalue weighted by Gasteiger charge is -2.07. The molecule has 0 aliphatic carbocycles. The van der Waals surface area contributed by atoms with Gasteiger partial charge in [-0.2, -0.15) is 0 Å². The summed E-state index contributed by atoms with van der Waals surface area (Å²) in [7, 11) is 1.76. The number of nitrogens with one attached hydrogen (secondary N) is 1. The van der Waals surface area contributed by atoms with Gasteiger partial charge in [-0.15, -0.1) is 10.2 Å². The molecule has 0 spiro atoms. The Balaban J connectivity index is 1.65. The maximum absolute atomic E-state index is 12.1. The molecule has 2 heterocycles. The number of nitrogens with zero attached hydrogens (tertiary/aromatic N) is 4. The highest BCUT2D eigenvalue weighted by Crippen LogP contribution is 2.27. The quantitative estimate of drug-likeness (QED) is 0.387. The van der Waals surface area contributed by atoms with Gasteiger partial charge in [-0.1, -0.05) is 23.4 Å². The van der Waals surface area contributed by atoms with Crippen LogP contribution in [-0.2, 0) is 11.8 Å². The minimum atomic E-state index is -0.559. The number of anilines is 1. The minimum absolute atomic E-state index is 0.0309. The number of nitro benzene ring substituents is 1. The second kappa shape index (κ2) is 7.58. The average Bonchev–Trinajstić information content (AvgIpc) is 3.24. The molecule has 3 aromatic rings. The number of thioether (sulfide) groups is 1. The van der Waals surface area contributed by atoms with Gasteiger partial charge in [0, 0.05) is 19.2 Å². The molecule has 0 saturated heterocycles. The van der Waals surface area contributed by atoms with Crippen LogP contribution in [-0.4, -0.2) is 31.3 Å². The number of carbonyl (C=O) groups is 1. The van der Waals surface area contributed by atoms with E-state index in [-0.39, 0.29) is 28.1 Å². The summed E-state index contributed by atoms with van der Waals surface area (Å²) in [4.78, 5) is 22.4. The summed E-state index contributed by atoms with van der Waals surface area (Å²) in [5, 5.41) is 22.2. The zero-order valence-corrected chi connectivity index (χ0v) is 15.0. The first-order chi connectivity index (χ1) is 12.5. The van der Waals surface area contributed by atoms with Gasteiger partial charge in [0.2, 0.25) is 5.91 Å². The van der Waals surface area contributed by atoms with E-state index in [2.05, 4.69) is 15.5 Å². The Hall–Kier alpha value is -2.85. The third-order valence-electron chi connectivity index (χ3n) is 3.34. The van der Waals surface area contributed by atoms with Gasteiger partial charge in [0.05, 0.1) is 27.6 Å². The first kappa shape index (κ1) is 18.0. The Bertz CT molecular complexity index is 957. The van der Waals surface area contributed by atoms with Crippen molar-refractivity contribution in [3.63, 3.8) is 0 Å². The van der Waals surface area contributed by atoms with Gasteiger partial charge in [0.15, 0.2) is 16.7 Å². The molecule has 0 aliphatic rings. The van der Waals surface area contributed by atoms with Gasteiger partial charge in [0.1, 0.15) is 0 Å². The number of hydrogen-bond acceptors (Lipinski definition) is 7. The average molecular weight is 394 g/mol. The smallest absolute Gasteiger partial charge is 0.271 e. The highest BCUT2D eigenvalue weighted by atomic mass is 35.5. The van der Waals surface area contributed by atoms with E-state index in [1.54, 1.807) is 23.7 Å². The van der Waals surface area contributed by atoms with Gasteiger partial charge in [0.25, 0.3) is 5.69 Å². The van der Waals surface area contributed by atoms with Crippen LogP contribution in [0.25, 0.3) is 11.6 Å². The lowest BCUT2D eigenvalue weighted by molar-refractivity contribution is -0.384. The fourth-order valence-corrected chi connectivity index (χ4v) is 2.98. The molecule has 0 unspecified atom stereocenters. The number of aromatic nitrogens is 3. The van der Waals surface area contributed by atoms with Crippen molar-refractivity contribution in [3.8, 4) is 11.6 Å². The Morgan fingerprint density at radius 3 is 2.92 bits per heavy atom. The molecule has 0 aliphatic heterocycles. The highest BCUT2D eigenvalue weighted by Gasteiger charge is 2.16. The van der Waals surface area contributed by atoms with Crippen molar-refractivity contribution in [3.05, 3.63) is 51.7 Å². The summed E-state index contributed by atoms with van der Waals surface area (Å²) in [5.74, 6) is 0.766. The maximum atomic E-state index is 12.1. The summed E-state index contributed by atoms with van der Waals surface area (Å²) in [6.45, 7) is 0. The fourth-order valence-electron chi connectivity index (χ4n) is 2.10. The molecule has 9 nitrogen and oxygen atoms in total. The molecule has 0 bridgehead atoms. The van der Waals surface area contributed by atoms with Crippen molar-refractivity contribution >= 4 is 40.6 Å². The molecular formula is C15H12ClN5O4S. The van der Waals surface area contributed by atoms with Crippen LogP contribution in [0.4, 0.5) is 11.4 Å². The van der Waals surface area contributed by atoms with E-state index in [4.69, 9.17) is 16.0 Å². The normalized spacial score (nSPS) is 10.7. The number of rotatable bonds is 6. The van der Waals surface area contributed by atoms with Crippen LogP contribution in [0.1, 0.15) is 0 Å². The Morgan fingerprint density at radius 1 is 1.42 bits per heavy atom. The zero-order valence-electron chi connectivity index (χ0n) is 13.4. The largest absolute Gasteiger partial charge is 0.461 e. The molecule has 0 radical (unpaired) electrons. The third kappa shape index (κ3) is 3.86. The van der Waals surface area contributed by atoms with E-state index in [1.807, 2.05) is 0 Å². The van der Waals surface area contributed by atoms with Crippen molar-refractivity contribution in [1.29, 1.82) is 0 Å². The lowest BCUT2D eigenvalue weighted by atomic mass is 10.3. The van der Waals surface area contributed by atoms with Gasteiger partial charge in [-0.25, -0.2) is 0 Å². The van der Waals surface area contributed by atoms with E-state index in [0.29, 0.717) is 16.7 Å². The zero-order chi connectivity index (χ0) is 18.7. The molecular weight excluding hydrogens is 382 g/mol. The highest BCUT2D eigenvalue weighted by molar-refractivity contribution is 7.99. The van der Waals surface area contributed by atoms with E-state index >= 15 is 0 Å². The van der Waals surface area contributed by atoms with Gasteiger partial charge >= 0.3 is 0 Å². The number of nitro groups is 1. The van der Waals surface area contributed by atoms with Crippen molar-refractivity contribution in [2.75, 3.05) is 11.1 Å². The molecule has 1 aromatic carbocycles. The predicted octanol–water partition coefficient (Wildman–Crippen LogP) is 3.37. The summed E-state index contributed by atoms with van der Waals surface area (Å²) >= 11 is 7.13. The SMILES string of the molecule is Cn1c(SCC(=O)Nc2cc([N+](=O)[O-])ccc2Cl)nnc1-c1ccco1. The van der Waals surface area contributed by atoms with Crippen molar-refractivity contribution < 1.29 is 14.1 Å². The van der Waals surface area contributed by atoms with Crippen LogP contribution < -0.4 is 5.32 Å². The monoisotopic (exact) mass is 393 g/mol. The Labute approximate surface area is 156 Å². The molecule has 0 saturated carbocycles. The van der Waals surface area contributed by atoms with Gasteiger partial charge < -0.3 is 14.3 Å². The van der Waals surface area contributed by atoms with Crippen molar-refractivity contribution in [1.82, 2.24) is 14.8 Å². The van der Waals surface area contributed by atoms with Crippen molar-refractivity contribution in [2.45, 2.75) is 5.16 Å². The number of halogens is 1. The number of carbonyl (C=O) groups excluding carboxylic acids is 1. The van der Waals surface area contributed by atoms with E-state index in [1.165, 1.54) is 36.2 Å². The minimum Gasteiger partial charge on any atom is -0.461 e. The number of non-ortho nitro benzene ring substituents is 1. The number of furan rings is 1. The molecule has 1 amide bonds. The molecule has 3 rings (SSSR count). The van der Waals surface area contributed by atoms with Gasteiger partial charge in [-0.05, 0) is 18.2 Å². The Kier molecular flexibility index (Phi) is 5.24. The van der Waals surface area contributed by atoms with Crippen LogP contribution in [0.5, 0.6) is 0 Å². The second-order valence-corrected chi connectivity index (χ2v) is 6.45. The first-order valence-electron chi connectivity index (χ1n) is 7.25. The van der Waals surface area contributed by atoms with Crippen LogP contribution >= 0.6 is 23.4 Å². The van der Waals surface area contributed by atoms with E-state index in [9.17, 15) is 14.9 Å². The maximum Gasteiger partial charge on any atom is 0.271 e. The molecule has 0 atom stereocenters. The Morgan fingerprint density at radius 2 is 2.23 bits per heavy atom. The van der Waals surface area contributed by atoms with Crippen molar-refractivity contribution in [2.24, 2.45) is 7.05 Å². The third-order valence-corrected chi connectivity index (χ3v) is 4.69. The van der Waals surface area contributed by atoms with E-state index in [0.717, 1.165) is 0 Å². The summed E-state index contributed by atoms with van der Waals surface area (Å²) in [5.41, 5.74) is 0.0226. The summed E-state index contributed by atoms with van der Waals surface area (Å²) < 4.78 is 6.99. The molecule has 2 aromatic heterocycles. The number of amides is 1. The second-order valence-electron chi connectivity index (χ2n) is 5.10. The molecule has 26 heavy (non-hydrogen) atoms. The standard InChI is InChI=1S/C15H12ClN5O4S/c1-20-14(12-3-2-6-25-12)18-19-15(20)26-8-13(22)17-11-7-9(21(23)24)4-5-10(11)16/h2-7H,8H2,1H3,(H,17,22). The number of hydrogen-bond donors (Lipinski definition) is 1. The summed E-state index contributed by atoms with van der Waals surface area (Å²) in [6.07, 6.45) is 1.53. The molecule has 1 N–H and O–H groups in total. The molecule has 11 heteroatoms. The predicted molar refractivity (Wildman–Crippen MR) is 96.2 cm³/mol. The lowest BCUT2D eigenvalue weighted by Crippen LogP contribution is -2.15. The van der Waals surface area contributed by atoms with Crippen LogP contribution in [0.3, 0.4) is 0 Å². The van der Waals surface area contributed by atoms with Crippen LogP contribution in [0.2, 0.25) is 5.02 Å². The topological polar surface area (TPSA) is 116 Å². The molecule has 0 fully saturated rings. The first-order valence-corrected chi connectivity index (χ1v) is 8.62. The van der Waals surface area contributed by atoms with Crippen LogP contribution in [0, 0.1) is 10.1 Å².